The standard InChI is InChI=1S/C17H19NO4/c19-8-18-6-5-17-10-2-4-13(21)16(17)22-15-12(20)3-1-9(14(15)17)7-11(10)18/h1-4,10-11,13,16,19-21H,5-8H2/t10-,11-,13-,16+,17-/m1/s1. The van der Waals surface area contributed by atoms with E-state index in [1.165, 1.54) is 5.56 Å². The zero-order chi connectivity index (χ0) is 15.1. The van der Waals surface area contributed by atoms with Gasteiger partial charge in [-0.05, 0) is 24.5 Å². The van der Waals surface area contributed by atoms with Gasteiger partial charge in [0.25, 0.3) is 0 Å². The van der Waals surface area contributed by atoms with Crippen LogP contribution in [0.2, 0.25) is 0 Å². The van der Waals surface area contributed by atoms with E-state index in [1.807, 2.05) is 12.1 Å². The molecule has 1 fully saturated rings. The Balaban J connectivity index is 1.80. The van der Waals surface area contributed by atoms with Gasteiger partial charge < -0.3 is 20.1 Å². The molecule has 3 N–H and O–H groups in total. The lowest BCUT2D eigenvalue weighted by Gasteiger charge is -2.56. The van der Waals surface area contributed by atoms with E-state index in [0.29, 0.717) is 5.75 Å². The van der Waals surface area contributed by atoms with E-state index in [9.17, 15) is 15.3 Å². The van der Waals surface area contributed by atoms with Crippen LogP contribution in [0.15, 0.2) is 24.3 Å². The summed E-state index contributed by atoms with van der Waals surface area (Å²) in [7, 11) is 0. The van der Waals surface area contributed by atoms with Gasteiger partial charge in [-0.15, -0.1) is 0 Å². The molecule has 2 bridgehead atoms. The Bertz CT molecular complexity index is 687. The summed E-state index contributed by atoms with van der Waals surface area (Å²) < 4.78 is 6.06. The lowest BCUT2D eigenvalue weighted by atomic mass is 9.53. The van der Waals surface area contributed by atoms with Gasteiger partial charge in [-0.25, -0.2) is 0 Å². The number of aromatic hydroxyl groups is 1. The lowest BCUT2D eigenvalue weighted by molar-refractivity contribution is -0.0712. The van der Waals surface area contributed by atoms with E-state index < -0.39 is 6.10 Å². The first-order chi connectivity index (χ1) is 10.7. The third kappa shape index (κ3) is 1.27. The third-order valence-electron chi connectivity index (χ3n) is 6.17. The number of benzene rings is 1. The molecule has 0 radical (unpaired) electrons. The van der Waals surface area contributed by atoms with Crippen LogP contribution < -0.4 is 4.74 Å². The van der Waals surface area contributed by atoms with Crippen molar-refractivity contribution in [1.29, 1.82) is 0 Å². The quantitative estimate of drug-likeness (QED) is 0.660. The molecule has 1 spiro atoms. The number of likely N-dealkylation sites (tertiary alicyclic amines) is 1. The van der Waals surface area contributed by atoms with Crippen LogP contribution in [0.25, 0.3) is 0 Å². The van der Waals surface area contributed by atoms with Crippen molar-refractivity contribution in [2.75, 3.05) is 13.3 Å². The Kier molecular flexibility index (Phi) is 2.38. The highest BCUT2D eigenvalue weighted by Gasteiger charge is 2.64. The molecule has 22 heavy (non-hydrogen) atoms. The van der Waals surface area contributed by atoms with Crippen molar-refractivity contribution in [3.8, 4) is 11.5 Å². The molecule has 1 aromatic rings. The Labute approximate surface area is 128 Å². The second-order valence-corrected chi connectivity index (χ2v) is 6.90. The largest absolute Gasteiger partial charge is 0.504 e. The number of hydrogen-bond donors (Lipinski definition) is 3. The molecule has 5 rings (SSSR count). The summed E-state index contributed by atoms with van der Waals surface area (Å²) in [4.78, 5) is 2.11. The average Bonchev–Trinajstić information content (AvgIpc) is 2.87. The number of hydrogen-bond acceptors (Lipinski definition) is 5. The molecule has 1 saturated heterocycles. The van der Waals surface area contributed by atoms with Crippen LogP contribution in [0.4, 0.5) is 0 Å². The minimum Gasteiger partial charge on any atom is -0.504 e. The molecule has 5 atom stereocenters. The van der Waals surface area contributed by atoms with Gasteiger partial charge in [-0.3, -0.25) is 4.90 Å². The number of aliphatic hydroxyl groups excluding tert-OH is 2. The molecular formula is C17H19NO4. The summed E-state index contributed by atoms with van der Waals surface area (Å²) in [6.45, 7) is 0.839. The maximum absolute atomic E-state index is 10.4. The maximum atomic E-state index is 10.4. The summed E-state index contributed by atoms with van der Waals surface area (Å²) in [5.41, 5.74) is 2.00. The fourth-order valence-corrected chi connectivity index (χ4v) is 5.31. The van der Waals surface area contributed by atoms with Crippen molar-refractivity contribution in [3.05, 3.63) is 35.4 Å². The van der Waals surface area contributed by atoms with Crippen LogP contribution in [0, 0.1) is 5.92 Å². The monoisotopic (exact) mass is 301 g/mol. The first-order valence-electron chi connectivity index (χ1n) is 7.90. The molecule has 5 nitrogen and oxygen atoms in total. The van der Waals surface area contributed by atoms with Crippen LogP contribution >= 0.6 is 0 Å². The predicted octanol–water partition coefficient (Wildman–Crippen LogP) is 0.518. The van der Waals surface area contributed by atoms with E-state index >= 15 is 0 Å². The third-order valence-corrected chi connectivity index (χ3v) is 6.17. The number of nitrogens with zero attached hydrogens (tertiary/aromatic N) is 1. The van der Waals surface area contributed by atoms with Gasteiger partial charge >= 0.3 is 0 Å². The topological polar surface area (TPSA) is 73.2 Å². The number of phenols is 1. The van der Waals surface area contributed by atoms with Crippen molar-refractivity contribution < 1.29 is 20.1 Å². The van der Waals surface area contributed by atoms with Crippen LogP contribution in [-0.4, -0.2) is 51.7 Å². The van der Waals surface area contributed by atoms with Crippen LogP contribution in [-0.2, 0) is 11.8 Å². The first-order valence-corrected chi connectivity index (χ1v) is 7.90. The molecule has 5 heteroatoms. The Morgan fingerprint density at radius 1 is 1.32 bits per heavy atom. The Morgan fingerprint density at radius 2 is 2.18 bits per heavy atom. The Morgan fingerprint density at radius 3 is 3.00 bits per heavy atom. The fourth-order valence-electron chi connectivity index (χ4n) is 5.31. The smallest absolute Gasteiger partial charge is 0.165 e. The van der Waals surface area contributed by atoms with Crippen molar-refractivity contribution in [1.82, 2.24) is 4.90 Å². The average molecular weight is 301 g/mol. The van der Waals surface area contributed by atoms with Crippen LogP contribution in [0.1, 0.15) is 17.5 Å². The summed E-state index contributed by atoms with van der Waals surface area (Å²) in [5, 5.41) is 30.4. The van der Waals surface area contributed by atoms with Gasteiger partial charge in [-0.1, -0.05) is 18.2 Å². The second-order valence-electron chi connectivity index (χ2n) is 6.90. The number of ether oxygens (including phenoxy) is 1. The molecule has 2 heterocycles. The summed E-state index contributed by atoms with van der Waals surface area (Å²) in [5.74, 6) is 0.931. The Hall–Kier alpha value is -1.56. The summed E-state index contributed by atoms with van der Waals surface area (Å²) >= 11 is 0. The first kappa shape index (κ1) is 12.9. The van der Waals surface area contributed by atoms with E-state index in [4.69, 9.17) is 4.74 Å². The lowest BCUT2D eigenvalue weighted by Crippen LogP contribution is -2.65. The van der Waals surface area contributed by atoms with Crippen LogP contribution in [0.3, 0.4) is 0 Å². The van der Waals surface area contributed by atoms with Crippen molar-refractivity contribution in [2.45, 2.75) is 36.5 Å². The summed E-state index contributed by atoms with van der Waals surface area (Å²) in [6.07, 6.45) is 4.58. The highest BCUT2D eigenvalue weighted by molar-refractivity contribution is 5.61. The van der Waals surface area contributed by atoms with E-state index in [0.717, 1.165) is 24.9 Å². The minimum absolute atomic E-state index is 0.0550. The SMILES string of the molecule is OCN1CC[C@@]23c4c5ccc(O)c4O[C@H]2[C@H](O)C=C[C@@H]3[C@H]1C5. The van der Waals surface area contributed by atoms with Gasteiger partial charge in [0, 0.05) is 29.5 Å². The fraction of sp³-hybridized carbons (Fsp3) is 0.529. The zero-order valence-electron chi connectivity index (χ0n) is 12.1. The van der Waals surface area contributed by atoms with Gasteiger partial charge in [0.15, 0.2) is 11.5 Å². The highest BCUT2D eigenvalue weighted by atomic mass is 16.5. The van der Waals surface area contributed by atoms with Crippen molar-refractivity contribution in [3.63, 3.8) is 0 Å². The molecular weight excluding hydrogens is 282 g/mol. The van der Waals surface area contributed by atoms with E-state index in [-0.39, 0.29) is 36.0 Å². The van der Waals surface area contributed by atoms with E-state index in [2.05, 4.69) is 11.0 Å². The van der Waals surface area contributed by atoms with Gasteiger partial charge in [0.1, 0.15) is 12.2 Å². The predicted molar refractivity (Wildman–Crippen MR) is 78.7 cm³/mol. The van der Waals surface area contributed by atoms with Gasteiger partial charge in [-0.2, -0.15) is 0 Å². The number of aliphatic hydroxyl groups is 2. The second kappa shape index (κ2) is 4.04. The number of rotatable bonds is 1. The number of piperidine rings is 1. The van der Waals surface area contributed by atoms with Gasteiger partial charge in [0.05, 0.1) is 6.73 Å². The highest BCUT2D eigenvalue weighted by Crippen LogP contribution is 2.62. The molecule has 2 aliphatic heterocycles. The maximum Gasteiger partial charge on any atom is 0.165 e. The molecule has 0 unspecified atom stereocenters. The molecule has 1 aromatic carbocycles. The normalized spacial score (nSPS) is 41.2. The number of phenolic OH excluding ortho intramolecular Hbond substituents is 1. The van der Waals surface area contributed by atoms with Gasteiger partial charge in [0.2, 0.25) is 0 Å². The minimum atomic E-state index is -0.657. The van der Waals surface area contributed by atoms with Crippen molar-refractivity contribution >= 4 is 0 Å². The molecule has 4 aliphatic rings. The molecule has 2 aliphatic carbocycles. The van der Waals surface area contributed by atoms with Crippen LogP contribution in [0.5, 0.6) is 11.5 Å². The molecule has 0 amide bonds. The molecule has 0 saturated carbocycles. The summed E-state index contributed by atoms with van der Waals surface area (Å²) in [6, 6.07) is 3.87. The molecule has 116 valence electrons. The van der Waals surface area contributed by atoms with Crippen molar-refractivity contribution in [2.24, 2.45) is 5.92 Å². The molecule has 0 aromatic heterocycles. The zero-order valence-corrected chi connectivity index (χ0v) is 12.1. The van der Waals surface area contributed by atoms with E-state index in [1.54, 1.807) is 6.07 Å².